The van der Waals surface area contributed by atoms with Gasteiger partial charge in [-0.15, -0.1) is 0 Å². The van der Waals surface area contributed by atoms with Gasteiger partial charge in [-0.25, -0.2) is 0 Å². The highest BCUT2D eigenvalue weighted by Gasteiger charge is 2.31. The molecule has 0 saturated heterocycles. The van der Waals surface area contributed by atoms with Crippen LogP contribution >= 0.6 is 12.2 Å². The molecule has 1 atom stereocenters. The minimum absolute atomic E-state index is 0.0722. The van der Waals surface area contributed by atoms with Crippen LogP contribution < -0.4 is 19.5 Å². The highest BCUT2D eigenvalue weighted by molar-refractivity contribution is 7.80. The number of fused-ring (bicyclic) bond motifs is 1. The first kappa shape index (κ1) is 23.9. The lowest BCUT2D eigenvalue weighted by Crippen LogP contribution is -2.44. The van der Waals surface area contributed by atoms with E-state index in [-0.39, 0.29) is 6.04 Å². The summed E-state index contributed by atoms with van der Waals surface area (Å²) >= 11 is 5.85. The Morgan fingerprint density at radius 2 is 1.68 bits per heavy atom. The molecule has 1 heterocycles. The molecular formula is C28H32N2O3S. The second kappa shape index (κ2) is 10.8. The van der Waals surface area contributed by atoms with Crippen LogP contribution in [0, 0.1) is 0 Å². The maximum Gasteiger partial charge on any atom is 0.174 e. The zero-order chi connectivity index (χ0) is 24.1. The van der Waals surface area contributed by atoms with Gasteiger partial charge in [0.05, 0.1) is 20.3 Å². The molecule has 34 heavy (non-hydrogen) atoms. The number of nitrogens with one attached hydrogen (secondary N) is 1. The zero-order valence-electron chi connectivity index (χ0n) is 20.2. The van der Waals surface area contributed by atoms with E-state index in [1.165, 1.54) is 11.1 Å². The van der Waals surface area contributed by atoms with Gasteiger partial charge in [0.2, 0.25) is 0 Å². The summed E-state index contributed by atoms with van der Waals surface area (Å²) in [6.45, 7) is 5.62. The fourth-order valence-electron chi connectivity index (χ4n) is 4.29. The molecular weight excluding hydrogens is 444 g/mol. The topological polar surface area (TPSA) is 43.0 Å². The first-order valence-electron chi connectivity index (χ1n) is 11.6. The monoisotopic (exact) mass is 476 g/mol. The molecule has 5 nitrogen and oxygen atoms in total. The van der Waals surface area contributed by atoms with Gasteiger partial charge in [-0.1, -0.05) is 44.2 Å². The molecule has 4 rings (SSSR count). The van der Waals surface area contributed by atoms with Crippen molar-refractivity contribution in [2.45, 2.75) is 32.2 Å². The molecule has 0 fully saturated rings. The lowest BCUT2D eigenvalue weighted by atomic mass is 9.92. The molecule has 0 aromatic heterocycles. The Morgan fingerprint density at radius 1 is 1.00 bits per heavy atom. The van der Waals surface area contributed by atoms with Gasteiger partial charge in [0.25, 0.3) is 0 Å². The summed E-state index contributed by atoms with van der Waals surface area (Å²) in [5.74, 6) is 2.78. The maximum atomic E-state index is 6.30. The SMILES string of the molecule is COc1cc2c(cc1OC)C(COc1ccc(C(C)C)cc1)N(C(=S)Nc1ccccc1)CC2. The molecule has 0 saturated carbocycles. The van der Waals surface area contributed by atoms with Gasteiger partial charge in [0, 0.05) is 12.2 Å². The molecule has 6 heteroatoms. The lowest BCUT2D eigenvalue weighted by Gasteiger charge is -2.39. The van der Waals surface area contributed by atoms with Crippen molar-refractivity contribution in [3.8, 4) is 17.2 Å². The molecule has 0 bridgehead atoms. The Morgan fingerprint density at radius 3 is 2.32 bits per heavy atom. The highest BCUT2D eigenvalue weighted by atomic mass is 32.1. The molecule has 1 N–H and O–H groups in total. The largest absolute Gasteiger partial charge is 0.493 e. The number of anilines is 1. The van der Waals surface area contributed by atoms with Gasteiger partial charge in [-0.2, -0.15) is 0 Å². The summed E-state index contributed by atoms with van der Waals surface area (Å²) < 4.78 is 17.4. The quantitative estimate of drug-likeness (QED) is 0.410. The number of para-hydroxylation sites is 1. The van der Waals surface area contributed by atoms with Gasteiger partial charge in [0.1, 0.15) is 12.4 Å². The fourth-order valence-corrected chi connectivity index (χ4v) is 4.63. The van der Waals surface area contributed by atoms with E-state index >= 15 is 0 Å². The van der Waals surface area contributed by atoms with Gasteiger partial charge in [-0.3, -0.25) is 0 Å². The summed E-state index contributed by atoms with van der Waals surface area (Å²) in [5.41, 5.74) is 4.62. The third kappa shape index (κ3) is 5.28. The van der Waals surface area contributed by atoms with Crippen molar-refractivity contribution in [3.63, 3.8) is 0 Å². The normalized spacial score (nSPS) is 15.0. The molecule has 0 amide bonds. The van der Waals surface area contributed by atoms with Gasteiger partial charge < -0.3 is 24.4 Å². The van der Waals surface area contributed by atoms with Crippen molar-refractivity contribution in [2.24, 2.45) is 0 Å². The van der Waals surface area contributed by atoms with Crippen LogP contribution in [-0.2, 0) is 6.42 Å². The highest BCUT2D eigenvalue weighted by Crippen LogP contribution is 2.38. The molecule has 1 aliphatic rings. The van der Waals surface area contributed by atoms with Gasteiger partial charge in [0.15, 0.2) is 16.6 Å². The standard InChI is InChI=1S/C28H32N2O3S/c1-19(2)20-10-12-23(13-11-20)33-18-25-24-17-27(32-4)26(31-3)16-21(24)14-15-30(25)28(34)29-22-8-6-5-7-9-22/h5-13,16-17,19,25H,14-15,18H2,1-4H3,(H,29,34). The van der Waals surface area contributed by atoms with E-state index in [1.54, 1.807) is 14.2 Å². The minimum Gasteiger partial charge on any atom is -0.493 e. The molecule has 3 aromatic carbocycles. The number of hydrogen-bond donors (Lipinski definition) is 1. The van der Waals surface area contributed by atoms with Crippen LogP contribution in [0.2, 0.25) is 0 Å². The van der Waals surface area contributed by atoms with Crippen molar-refractivity contribution in [2.75, 3.05) is 32.7 Å². The summed E-state index contributed by atoms with van der Waals surface area (Å²) in [4.78, 5) is 2.21. The fraction of sp³-hybridized carbons (Fsp3) is 0.321. The molecule has 0 spiro atoms. The van der Waals surface area contributed by atoms with Gasteiger partial charge >= 0.3 is 0 Å². The van der Waals surface area contributed by atoms with Crippen molar-refractivity contribution >= 4 is 23.0 Å². The van der Waals surface area contributed by atoms with Crippen molar-refractivity contribution in [3.05, 3.63) is 83.4 Å². The van der Waals surface area contributed by atoms with Crippen LogP contribution in [0.5, 0.6) is 17.2 Å². The first-order valence-corrected chi connectivity index (χ1v) is 12.0. The second-order valence-corrected chi connectivity index (χ2v) is 9.08. The number of nitrogens with zero attached hydrogens (tertiary/aromatic N) is 1. The Kier molecular flexibility index (Phi) is 7.58. The van der Waals surface area contributed by atoms with Crippen molar-refractivity contribution in [1.82, 2.24) is 4.90 Å². The summed E-state index contributed by atoms with van der Waals surface area (Å²) in [6, 6.07) is 22.4. The van der Waals surface area contributed by atoms with Crippen LogP contribution in [0.3, 0.4) is 0 Å². The van der Waals surface area contributed by atoms with E-state index in [2.05, 4.69) is 48.3 Å². The summed E-state index contributed by atoms with van der Waals surface area (Å²) in [5, 5.41) is 4.06. The van der Waals surface area contributed by atoms with Crippen molar-refractivity contribution in [1.29, 1.82) is 0 Å². The van der Waals surface area contributed by atoms with E-state index in [0.29, 0.717) is 23.4 Å². The maximum absolute atomic E-state index is 6.30. The average molecular weight is 477 g/mol. The van der Waals surface area contributed by atoms with Crippen LogP contribution in [0.15, 0.2) is 66.7 Å². The van der Waals surface area contributed by atoms with Crippen LogP contribution in [-0.4, -0.2) is 37.4 Å². The number of thiocarbonyl (C=S) groups is 1. The smallest absolute Gasteiger partial charge is 0.174 e. The third-order valence-electron chi connectivity index (χ3n) is 6.24. The zero-order valence-corrected chi connectivity index (χ0v) is 21.0. The number of hydrogen-bond acceptors (Lipinski definition) is 4. The lowest BCUT2D eigenvalue weighted by molar-refractivity contribution is 0.190. The predicted molar refractivity (Wildman–Crippen MR) is 141 cm³/mol. The predicted octanol–water partition coefficient (Wildman–Crippen LogP) is 6.20. The average Bonchev–Trinajstić information content (AvgIpc) is 2.87. The summed E-state index contributed by atoms with van der Waals surface area (Å²) in [7, 11) is 3.33. The Balaban J connectivity index is 1.62. The van der Waals surface area contributed by atoms with E-state index < -0.39 is 0 Å². The molecule has 3 aromatic rings. The molecule has 1 unspecified atom stereocenters. The number of ether oxygens (including phenoxy) is 3. The molecule has 0 aliphatic carbocycles. The van der Waals surface area contributed by atoms with Crippen LogP contribution in [0.25, 0.3) is 0 Å². The third-order valence-corrected chi connectivity index (χ3v) is 6.58. The molecule has 0 radical (unpaired) electrons. The van der Waals surface area contributed by atoms with E-state index in [4.69, 9.17) is 26.4 Å². The van der Waals surface area contributed by atoms with Gasteiger partial charge in [-0.05, 0) is 77.6 Å². The minimum atomic E-state index is -0.0722. The van der Waals surface area contributed by atoms with E-state index in [1.807, 2.05) is 42.5 Å². The second-order valence-electron chi connectivity index (χ2n) is 8.70. The Bertz CT molecular complexity index is 1120. The summed E-state index contributed by atoms with van der Waals surface area (Å²) in [6.07, 6.45) is 0.853. The van der Waals surface area contributed by atoms with Crippen LogP contribution in [0.4, 0.5) is 5.69 Å². The van der Waals surface area contributed by atoms with Crippen molar-refractivity contribution < 1.29 is 14.2 Å². The van der Waals surface area contributed by atoms with Crippen LogP contribution in [0.1, 0.15) is 42.5 Å². The number of rotatable bonds is 7. The van der Waals surface area contributed by atoms with E-state index in [0.717, 1.165) is 35.7 Å². The Hall–Kier alpha value is -3.25. The number of methoxy groups -OCH3 is 2. The first-order chi connectivity index (χ1) is 16.5. The molecule has 1 aliphatic heterocycles. The van der Waals surface area contributed by atoms with E-state index in [9.17, 15) is 0 Å². The number of benzene rings is 3. The Labute approximate surface area is 207 Å². The molecule has 178 valence electrons.